The van der Waals surface area contributed by atoms with Crippen LogP contribution >= 0.6 is 12.4 Å². The third kappa shape index (κ3) is 4.13. The van der Waals surface area contributed by atoms with Crippen LogP contribution in [0.1, 0.15) is 64.7 Å². The summed E-state index contributed by atoms with van der Waals surface area (Å²) in [7, 11) is 0. The molecule has 0 radical (unpaired) electrons. The molecule has 0 aromatic carbocycles. The van der Waals surface area contributed by atoms with Crippen LogP contribution < -0.4 is 10.6 Å². The van der Waals surface area contributed by atoms with Gasteiger partial charge >= 0.3 is 0 Å². The van der Waals surface area contributed by atoms with Crippen LogP contribution in [0.15, 0.2) is 0 Å². The van der Waals surface area contributed by atoms with Gasteiger partial charge in [0, 0.05) is 11.5 Å². The molecule has 1 aliphatic heterocycles. The zero-order valence-electron chi connectivity index (χ0n) is 13.3. The van der Waals surface area contributed by atoms with E-state index in [2.05, 4.69) is 17.6 Å². The van der Waals surface area contributed by atoms with Crippen LogP contribution in [0.25, 0.3) is 0 Å². The summed E-state index contributed by atoms with van der Waals surface area (Å²) in [5.74, 6) is 2.41. The largest absolute Gasteiger partial charge is 0.351 e. The molecule has 3 rings (SSSR count). The van der Waals surface area contributed by atoms with Crippen LogP contribution in [-0.4, -0.2) is 24.5 Å². The molecule has 4 heteroatoms. The molecule has 0 bridgehead atoms. The highest BCUT2D eigenvalue weighted by molar-refractivity contribution is 5.85. The van der Waals surface area contributed by atoms with Crippen LogP contribution in [0.3, 0.4) is 0 Å². The highest BCUT2D eigenvalue weighted by Crippen LogP contribution is 2.42. The van der Waals surface area contributed by atoms with E-state index in [1.54, 1.807) is 0 Å². The molecule has 0 aromatic heterocycles. The Morgan fingerprint density at radius 2 is 1.71 bits per heavy atom. The van der Waals surface area contributed by atoms with E-state index in [-0.39, 0.29) is 17.9 Å². The number of fused-ring (bicyclic) bond motifs is 1. The highest BCUT2D eigenvalue weighted by atomic mass is 35.5. The second kappa shape index (κ2) is 7.32. The van der Waals surface area contributed by atoms with Crippen LogP contribution in [0.5, 0.6) is 0 Å². The molecule has 0 spiro atoms. The van der Waals surface area contributed by atoms with Gasteiger partial charge < -0.3 is 10.6 Å². The Balaban J connectivity index is 0.00000161. The van der Waals surface area contributed by atoms with Crippen molar-refractivity contribution >= 4 is 18.3 Å². The standard InChI is InChI=1S/C17H30N2O.ClH/c1-17(8-10-18-11-9-17)19-16(20)15-7-6-13-4-2-3-5-14(13)12-15;/h13-15,18H,2-12H2,1H3,(H,19,20);1H. The predicted molar refractivity (Wildman–Crippen MR) is 88.7 cm³/mol. The SMILES string of the molecule is CC1(NC(=O)C2CCC3CCCCC3C2)CCNCC1.Cl. The van der Waals surface area contributed by atoms with Gasteiger partial charge in [0.2, 0.25) is 5.91 Å². The van der Waals surface area contributed by atoms with E-state index < -0.39 is 0 Å². The van der Waals surface area contributed by atoms with Crippen LogP contribution in [0, 0.1) is 17.8 Å². The van der Waals surface area contributed by atoms with Crippen molar-refractivity contribution in [2.75, 3.05) is 13.1 Å². The van der Waals surface area contributed by atoms with E-state index in [4.69, 9.17) is 0 Å². The van der Waals surface area contributed by atoms with E-state index >= 15 is 0 Å². The van der Waals surface area contributed by atoms with Gasteiger partial charge in [-0.15, -0.1) is 12.4 Å². The van der Waals surface area contributed by atoms with Gasteiger partial charge in [-0.2, -0.15) is 0 Å². The van der Waals surface area contributed by atoms with Gasteiger partial charge in [0.05, 0.1) is 0 Å². The van der Waals surface area contributed by atoms with Crippen molar-refractivity contribution in [3.8, 4) is 0 Å². The molecule has 3 fully saturated rings. The number of rotatable bonds is 2. The number of carbonyl (C=O) groups is 1. The predicted octanol–water partition coefficient (Wildman–Crippen LogP) is 3.27. The lowest BCUT2D eigenvalue weighted by Crippen LogP contribution is -2.54. The number of piperidine rings is 1. The van der Waals surface area contributed by atoms with Gasteiger partial charge in [-0.3, -0.25) is 4.79 Å². The summed E-state index contributed by atoms with van der Waals surface area (Å²) in [5.41, 5.74) is 0.0335. The Bertz CT molecular complexity index is 355. The number of amides is 1. The molecule has 3 unspecified atom stereocenters. The topological polar surface area (TPSA) is 41.1 Å². The maximum absolute atomic E-state index is 12.6. The average molecular weight is 315 g/mol. The van der Waals surface area contributed by atoms with E-state index in [0.29, 0.717) is 11.8 Å². The zero-order valence-corrected chi connectivity index (χ0v) is 14.1. The van der Waals surface area contributed by atoms with E-state index in [9.17, 15) is 4.79 Å². The minimum Gasteiger partial charge on any atom is -0.351 e. The van der Waals surface area contributed by atoms with Crippen molar-refractivity contribution in [2.24, 2.45) is 17.8 Å². The molecule has 3 aliphatic rings. The van der Waals surface area contributed by atoms with Gasteiger partial charge in [0.15, 0.2) is 0 Å². The number of hydrogen-bond acceptors (Lipinski definition) is 2. The van der Waals surface area contributed by atoms with E-state index in [1.165, 1.54) is 32.1 Å². The molecule has 1 saturated heterocycles. The van der Waals surface area contributed by atoms with E-state index in [1.807, 2.05) is 0 Å². The van der Waals surface area contributed by atoms with Crippen LogP contribution in [-0.2, 0) is 4.79 Å². The first kappa shape index (κ1) is 17.1. The van der Waals surface area contributed by atoms with Crippen molar-refractivity contribution in [1.29, 1.82) is 0 Å². The quantitative estimate of drug-likeness (QED) is 0.821. The van der Waals surface area contributed by atoms with Gasteiger partial charge in [-0.25, -0.2) is 0 Å². The Hall–Kier alpha value is -0.280. The Kier molecular flexibility index (Phi) is 5.96. The first-order chi connectivity index (χ1) is 9.66. The maximum Gasteiger partial charge on any atom is 0.223 e. The molecule has 2 N–H and O–H groups in total. The molecule has 122 valence electrons. The van der Waals surface area contributed by atoms with Gasteiger partial charge in [0.25, 0.3) is 0 Å². The second-order valence-electron chi connectivity index (χ2n) is 7.61. The molecule has 2 aliphatic carbocycles. The normalized spacial score (nSPS) is 35.2. The van der Waals surface area contributed by atoms with Crippen molar-refractivity contribution < 1.29 is 4.79 Å². The molecular formula is C17H31ClN2O. The average Bonchev–Trinajstić information content (AvgIpc) is 2.47. The third-order valence-corrected chi connectivity index (χ3v) is 6.04. The van der Waals surface area contributed by atoms with Crippen molar-refractivity contribution in [3.63, 3.8) is 0 Å². The molecule has 1 heterocycles. The summed E-state index contributed by atoms with van der Waals surface area (Å²) in [6.07, 6.45) is 11.3. The molecule has 0 aromatic rings. The van der Waals surface area contributed by atoms with Crippen LogP contribution in [0.2, 0.25) is 0 Å². The fourth-order valence-corrected chi connectivity index (χ4v) is 4.61. The fourth-order valence-electron chi connectivity index (χ4n) is 4.61. The van der Waals surface area contributed by atoms with Gasteiger partial charge in [-0.1, -0.05) is 25.7 Å². The molecule has 3 atom stereocenters. The fraction of sp³-hybridized carbons (Fsp3) is 0.941. The van der Waals surface area contributed by atoms with E-state index in [0.717, 1.165) is 50.6 Å². The van der Waals surface area contributed by atoms with Crippen molar-refractivity contribution in [2.45, 2.75) is 70.3 Å². The van der Waals surface area contributed by atoms with Crippen molar-refractivity contribution in [1.82, 2.24) is 10.6 Å². The van der Waals surface area contributed by atoms with Crippen LogP contribution in [0.4, 0.5) is 0 Å². The number of halogens is 1. The number of hydrogen-bond donors (Lipinski definition) is 2. The summed E-state index contributed by atoms with van der Waals surface area (Å²) < 4.78 is 0. The van der Waals surface area contributed by atoms with Gasteiger partial charge in [0.1, 0.15) is 0 Å². The first-order valence-corrected chi connectivity index (χ1v) is 8.69. The molecular weight excluding hydrogens is 284 g/mol. The first-order valence-electron chi connectivity index (χ1n) is 8.69. The summed E-state index contributed by atoms with van der Waals surface area (Å²) in [5, 5.41) is 6.76. The molecule has 2 saturated carbocycles. The Labute approximate surface area is 135 Å². The summed E-state index contributed by atoms with van der Waals surface area (Å²) in [6, 6.07) is 0. The highest BCUT2D eigenvalue weighted by Gasteiger charge is 2.37. The molecule has 1 amide bonds. The number of carbonyl (C=O) groups excluding carboxylic acids is 1. The Morgan fingerprint density at radius 1 is 1.05 bits per heavy atom. The number of nitrogens with one attached hydrogen (secondary N) is 2. The lowest BCUT2D eigenvalue weighted by atomic mass is 9.67. The summed E-state index contributed by atoms with van der Waals surface area (Å²) >= 11 is 0. The zero-order chi connectivity index (χ0) is 14.0. The second-order valence-corrected chi connectivity index (χ2v) is 7.61. The lowest BCUT2D eigenvalue weighted by molar-refractivity contribution is -0.129. The summed E-state index contributed by atoms with van der Waals surface area (Å²) in [4.78, 5) is 12.6. The van der Waals surface area contributed by atoms with Gasteiger partial charge in [-0.05, 0) is 64.0 Å². The monoisotopic (exact) mass is 314 g/mol. The molecule has 3 nitrogen and oxygen atoms in total. The molecule has 21 heavy (non-hydrogen) atoms. The third-order valence-electron chi connectivity index (χ3n) is 6.04. The van der Waals surface area contributed by atoms with Crippen molar-refractivity contribution in [3.05, 3.63) is 0 Å². The summed E-state index contributed by atoms with van der Waals surface area (Å²) in [6.45, 7) is 4.29. The minimum atomic E-state index is 0. The smallest absolute Gasteiger partial charge is 0.223 e. The lowest BCUT2D eigenvalue weighted by Gasteiger charge is -2.41. The maximum atomic E-state index is 12.6. The Morgan fingerprint density at radius 3 is 2.43 bits per heavy atom. The minimum absolute atomic E-state index is 0.